The van der Waals surface area contributed by atoms with Gasteiger partial charge in [0.05, 0.1) is 13.3 Å². The molecule has 0 aromatic heterocycles. The number of methoxy groups -OCH3 is 1. The molecule has 4 heteroatoms. The van der Waals surface area contributed by atoms with Gasteiger partial charge in [0.2, 0.25) is 0 Å². The van der Waals surface area contributed by atoms with Crippen LogP contribution in [0.5, 0.6) is 11.5 Å². The maximum absolute atomic E-state index is 5.94. The molecule has 1 aliphatic carbocycles. The first-order valence-corrected chi connectivity index (χ1v) is 10.5. The molecule has 4 nitrogen and oxygen atoms in total. The Morgan fingerprint density at radius 1 is 0.688 bits per heavy atom. The Bertz CT molecular complexity index is 1260. The van der Waals surface area contributed by atoms with Crippen LogP contribution in [0.4, 0.5) is 0 Å². The summed E-state index contributed by atoms with van der Waals surface area (Å²) in [5, 5.41) is 8.96. The highest BCUT2D eigenvalue weighted by Crippen LogP contribution is 2.36. The number of hydrogen-bond acceptors (Lipinski definition) is 4. The van der Waals surface area contributed by atoms with E-state index in [0.717, 1.165) is 28.0 Å². The molecule has 1 aliphatic rings. The average molecular weight is 418 g/mol. The monoisotopic (exact) mass is 418 g/mol. The highest BCUT2D eigenvalue weighted by molar-refractivity contribution is 6.24. The molecule has 0 N–H and O–H groups in total. The van der Waals surface area contributed by atoms with Crippen LogP contribution >= 0.6 is 0 Å². The third kappa shape index (κ3) is 3.91. The molecule has 0 fully saturated rings. The SMILES string of the molecule is COc1cc(C=NN=C2c3ccccc3-c3ccccc32)ccc1OCc1ccccc1. The van der Waals surface area contributed by atoms with Crippen molar-refractivity contribution in [3.05, 3.63) is 119 Å². The minimum Gasteiger partial charge on any atom is -0.493 e. The molecule has 0 heterocycles. The number of rotatable bonds is 6. The van der Waals surface area contributed by atoms with Crippen LogP contribution in [0.1, 0.15) is 22.3 Å². The van der Waals surface area contributed by atoms with Gasteiger partial charge in [-0.3, -0.25) is 0 Å². The summed E-state index contributed by atoms with van der Waals surface area (Å²) >= 11 is 0. The third-order valence-corrected chi connectivity index (χ3v) is 5.44. The van der Waals surface area contributed by atoms with Gasteiger partial charge in [-0.15, -0.1) is 5.10 Å². The summed E-state index contributed by atoms with van der Waals surface area (Å²) in [6, 6.07) is 32.4. The number of hydrogen-bond donors (Lipinski definition) is 0. The zero-order valence-corrected chi connectivity index (χ0v) is 17.7. The van der Waals surface area contributed by atoms with E-state index >= 15 is 0 Å². The summed E-state index contributed by atoms with van der Waals surface area (Å²) in [7, 11) is 1.64. The van der Waals surface area contributed by atoms with Gasteiger partial charge in [-0.05, 0) is 40.5 Å². The van der Waals surface area contributed by atoms with Crippen molar-refractivity contribution in [3.63, 3.8) is 0 Å². The fourth-order valence-electron chi connectivity index (χ4n) is 3.87. The van der Waals surface area contributed by atoms with Gasteiger partial charge in [-0.25, -0.2) is 0 Å². The fourth-order valence-corrected chi connectivity index (χ4v) is 3.87. The predicted molar refractivity (Wildman–Crippen MR) is 129 cm³/mol. The maximum Gasteiger partial charge on any atom is 0.161 e. The van der Waals surface area contributed by atoms with E-state index < -0.39 is 0 Å². The van der Waals surface area contributed by atoms with E-state index in [1.807, 2.05) is 60.7 Å². The number of ether oxygens (including phenoxy) is 2. The first-order chi connectivity index (χ1) is 15.8. The van der Waals surface area contributed by atoms with Crippen molar-refractivity contribution >= 4 is 11.9 Å². The van der Waals surface area contributed by atoms with Gasteiger partial charge in [-0.2, -0.15) is 5.10 Å². The van der Waals surface area contributed by atoms with Crippen LogP contribution in [0.25, 0.3) is 11.1 Å². The van der Waals surface area contributed by atoms with Crippen LogP contribution in [0.2, 0.25) is 0 Å². The third-order valence-electron chi connectivity index (χ3n) is 5.44. The minimum absolute atomic E-state index is 0.483. The van der Waals surface area contributed by atoms with Crippen molar-refractivity contribution in [1.29, 1.82) is 0 Å². The highest BCUT2D eigenvalue weighted by atomic mass is 16.5. The molecule has 156 valence electrons. The quantitative estimate of drug-likeness (QED) is 0.246. The molecular formula is C28H22N2O2. The summed E-state index contributed by atoms with van der Waals surface area (Å²) in [4.78, 5) is 0. The van der Waals surface area contributed by atoms with Gasteiger partial charge >= 0.3 is 0 Å². The first-order valence-electron chi connectivity index (χ1n) is 10.5. The van der Waals surface area contributed by atoms with Crippen molar-refractivity contribution in [2.24, 2.45) is 10.2 Å². The van der Waals surface area contributed by atoms with E-state index in [9.17, 15) is 0 Å². The van der Waals surface area contributed by atoms with Crippen molar-refractivity contribution in [3.8, 4) is 22.6 Å². The summed E-state index contributed by atoms with van der Waals surface area (Å²) in [6.07, 6.45) is 1.74. The Hall–Kier alpha value is -4.18. The Kier molecular flexibility index (Phi) is 5.50. The van der Waals surface area contributed by atoms with Crippen LogP contribution in [0.3, 0.4) is 0 Å². The molecule has 0 saturated heterocycles. The zero-order chi connectivity index (χ0) is 21.8. The Morgan fingerprint density at radius 3 is 1.97 bits per heavy atom. The lowest BCUT2D eigenvalue weighted by Crippen LogP contribution is -1.98. The fraction of sp³-hybridized carbons (Fsp3) is 0.0714. The molecule has 0 radical (unpaired) electrons. The summed E-state index contributed by atoms with van der Waals surface area (Å²) in [5.74, 6) is 1.35. The molecule has 0 bridgehead atoms. The molecule has 5 rings (SSSR count). The Balaban J connectivity index is 1.37. The van der Waals surface area contributed by atoms with Gasteiger partial charge in [0.1, 0.15) is 12.3 Å². The standard InChI is InChI=1S/C28H22N2O2/c1-31-27-17-21(15-16-26(27)32-19-20-9-3-2-4-10-20)18-29-30-28-24-13-7-5-11-22(24)23-12-6-8-14-25(23)28/h2-18H,19H2,1H3. The summed E-state index contributed by atoms with van der Waals surface area (Å²) in [6.45, 7) is 0.483. The lowest BCUT2D eigenvalue weighted by molar-refractivity contribution is 0.284. The Morgan fingerprint density at radius 2 is 1.31 bits per heavy atom. The highest BCUT2D eigenvalue weighted by Gasteiger charge is 2.23. The van der Waals surface area contributed by atoms with E-state index in [4.69, 9.17) is 9.47 Å². The molecule has 0 saturated carbocycles. The molecule has 32 heavy (non-hydrogen) atoms. The second-order valence-corrected chi connectivity index (χ2v) is 7.47. The lowest BCUT2D eigenvalue weighted by Gasteiger charge is -2.11. The van der Waals surface area contributed by atoms with Gasteiger partial charge in [-0.1, -0.05) is 78.9 Å². The second-order valence-electron chi connectivity index (χ2n) is 7.47. The van der Waals surface area contributed by atoms with E-state index in [0.29, 0.717) is 18.1 Å². The van der Waals surface area contributed by atoms with Crippen molar-refractivity contribution < 1.29 is 9.47 Å². The first kappa shape index (κ1) is 19.8. The lowest BCUT2D eigenvalue weighted by atomic mass is 10.1. The molecular weight excluding hydrogens is 396 g/mol. The van der Waals surface area contributed by atoms with Gasteiger partial charge in [0.15, 0.2) is 11.5 Å². The predicted octanol–water partition coefficient (Wildman–Crippen LogP) is 6.13. The molecule has 4 aromatic rings. The van der Waals surface area contributed by atoms with E-state index in [-0.39, 0.29) is 0 Å². The van der Waals surface area contributed by atoms with Crippen LogP contribution in [0.15, 0.2) is 107 Å². The minimum atomic E-state index is 0.483. The van der Waals surface area contributed by atoms with E-state index in [1.54, 1.807) is 13.3 Å². The van der Waals surface area contributed by atoms with Crippen LogP contribution < -0.4 is 9.47 Å². The largest absolute Gasteiger partial charge is 0.493 e. The van der Waals surface area contributed by atoms with Crippen molar-refractivity contribution in [1.82, 2.24) is 0 Å². The molecule has 0 aliphatic heterocycles. The number of benzene rings is 4. The molecule has 0 amide bonds. The van der Waals surface area contributed by atoms with Crippen molar-refractivity contribution in [2.75, 3.05) is 7.11 Å². The van der Waals surface area contributed by atoms with Gasteiger partial charge < -0.3 is 9.47 Å². The van der Waals surface area contributed by atoms with Crippen LogP contribution in [0, 0.1) is 0 Å². The summed E-state index contributed by atoms with van der Waals surface area (Å²) < 4.78 is 11.5. The summed E-state index contributed by atoms with van der Waals surface area (Å²) in [5.41, 5.74) is 7.48. The smallest absolute Gasteiger partial charge is 0.161 e. The number of nitrogens with zero attached hydrogens (tertiary/aromatic N) is 2. The molecule has 4 aromatic carbocycles. The van der Waals surface area contributed by atoms with Gasteiger partial charge in [0.25, 0.3) is 0 Å². The zero-order valence-electron chi connectivity index (χ0n) is 17.7. The van der Waals surface area contributed by atoms with Crippen molar-refractivity contribution in [2.45, 2.75) is 6.61 Å². The molecule has 0 unspecified atom stereocenters. The molecule has 0 atom stereocenters. The van der Waals surface area contributed by atoms with E-state index in [2.05, 4.69) is 46.6 Å². The number of fused-ring (bicyclic) bond motifs is 3. The topological polar surface area (TPSA) is 43.2 Å². The Labute approximate surface area is 187 Å². The van der Waals surface area contributed by atoms with E-state index in [1.165, 1.54) is 11.1 Å². The van der Waals surface area contributed by atoms with Crippen LogP contribution in [-0.4, -0.2) is 19.0 Å². The van der Waals surface area contributed by atoms with Gasteiger partial charge in [0, 0.05) is 11.1 Å². The molecule has 0 spiro atoms. The second kappa shape index (κ2) is 8.90. The van der Waals surface area contributed by atoms with Crippen LogP contribution in [-0.2, 0) is 6.61 Å². The maximum atomic E-state index is 5.94. The normalized spacial score (nSPS) is 11.8. The average Bonchev–Trinajstić information content (AvgIpc) is 3.17.